The number of guanidine groups is 1. The molecule has 0 amide bonds. The zero-order valence-corrected chi connectivity index (χ0v) is 16.1. The zero-order valence-electron chi connectivity index (χ0n) is 16.1. The number of hydrogen-bond acceptors (Lipinski definition) is 3. The summed E-state index contributed by atoms with van der Waals surface area (Å²) < 4.78 is 5.12. The largest absolute Gasteiger partial charge is 0.383 e. The third-order valence-corrected chi connectivity index (χ3v) is 5.04. The molecule has 0 atom stereocenters. The molecule has 2 N–H and O–H groups in total. The first-order valence-electron chi connectivity index (χ1n) is 9.45. The third kappa shape index (κ3) is 6.01. The molecule has 0 unspecified atom stereocenters. The minimum Gasteiger partial charge on any atom is -0.383 e. The van der Waals surface area contributed by atoms with Crippen LogP contribution in [-0.4, -0.2) is 64.3 Å². The fourth-order valence-corrected chi connectivity index (χ4v) is 3.23. The first kappa shape index (κ1) is 19.7. The second kappa shape index (κ2) is 10.4. The Bertz CT molecular complexity index is 514. The molecule has 0 heterocycles. The van der Waals surface area contributed by atoms with Gasteiger partial charge in [0.25, 0.3) is 0 Å². The minimum atomic E-state index is 0.235. The number of likely N-dealkylation sites (N-methyl/N-ethyl adjacent to an activating group) is 1. The molecular formula is C20H34N4O. The molecule has 0 saturated heterocycles. The number of benzene rings is 1. The van der Waals surface area contributed by atoms with Gasteiger partial charge in [0.05, 0.1) is 13.2 Å². The van der Waals surface area contributed by atoms with Gasteiger partial charge in [-0.15, -0.1) is 0 Å². The van der Waals surface area contributed by atoms with Crippen LogP contribution in [0.25, 0.3) is 0 Å². The Hall–Kier alpha value is -1.59. The van der Waals surface area contributed by atoms with E-state index in [1.54, 1.807) is 7.11 Å². The maximum atomic E-state index is 5.12. The van der Waals surface area contributed by atoms with E-state index in [-0.39, 0.29) is 5.41 Å². The van der Waals surface area contributed by atoms with Gasteiger partial charge in [0, 0.05) is 38.7 Å². The Balaban J connectivity index is 1.88. The van der Waals surface area contributed by atoms with E-state index >= 15 is 0 Å². The van der Waals surface area contributed by atoms with Crippen LogP contribution >= 0.6 is 0 Å². The highest BCUT2D eigenvalue weighted by Crippen LogP contribution is 2.43. The van der Waals surface area contributed by atoms with E-state index in [1.807, 2.05) is 0 Å². The summed E-state index contributed by atoms with van der Waals surface area (Å²) in [6.07, 6.45) is 3.78. The lowest BCUT2D eigenvalue weighted by Gasteiger charge is -2.41. The zero-order chi connectivity index (χ0) is 18.0. The Labute approximate surface area is 152 Å². The molecule has 0 aromatic heterocycles. The van der Waals surface area contributed by atoms with Crippen LogP contribution in [0.4, 0.5) is 0 Å². The lowest BCUT2D eigenvalue weighted by atomic mass is 9.64. The standard InChI is InChI=1S/C20H34N4O/c1-4-21-19(22-13-14-24(2)15-16-25-3)23-17-20(11-8-12-20)18-9-6-5-7-10-18/h5-7,9-10H,4,8,11-17H2,1-3H3,(H2,21,22,23). The number of aliphatic imine (C=N–C) groups is 1. The Morgan fingerprint density at radius 1 is 1.20 bits per heavy atom. The van der Waals surface area contributed by atoms with Gasteiger partial charge < -0.3 is 20.3 Å². The molecule has 0 spiro atoms. The molecule has 1 aliphatic carbocycles. The van der Waals surface area contributed by atoms with E-state index in [1.165, 1.54) is 24.8 Å². The van der Waals surface area contributed by atoms with E-state index in [0.717, 1.165) is 45.3 Å². The molecule has 140 valence electrons. The van der Waals surface area contributed by atoms with E-state index in [0.29, 0.717) is 0 Å². The normalized spacial score (nSPS) is 16.6. The summed E-state index contributed by atoms with van der Waals surface area (Å²) in [5.41, 5.74) is 1.67. The minimum absolute atomic E-state index is 0.235. The maximum Gasteiger partial charge on any atom is 0.191 e. The van der Waals surface area contributed by atoms with Crippen molar-refractivity contribution >= 4 is 5.96 Å². The molecule has 1 fully saturated rings. The predicted molar refractivity (Wildman–Crippen MR) is 105 cm³/mol. The van der Waals surface area contributed by atoms with Crippen molar-refractivity contribution in [3.8, 4) is 0 Å². The van der Waals surface area contributed by atoms with Gasteiger partial charge in [-0.2, -0.15) is 0 Å². The summed E-state index contributed by atoms with van der Waals surface area (Å²) in [6.45, 7) is 7.41. The molecule has 1 aromatic carbocycles. The van der Waals surface area contributed by atoms with Gasteiger partial charge in [-0.3, -0.25) is 4.99 Å². The van der Waals surface area contributed by atoms with Crippen LogP contribution in [0.5, 0.6) is 0 Å². The van der Waals surface area contributed by atoms with Crippen molar-refractivity contribution in [2.75, 3.05) is 53.5 Å². The maximum absolute atomic E-state index is 5.12. The van der Waals surface area contributed by atoms with Crippen molar-refractivity contribution in [1.82, 2.24) is 15.5 Å². The molecule has 1 aliphatic rings. The molecular weight excluding hydrogens is 312 g/mol. The summed E-state index contributed by atoms with van der Waals surface area (Å²) in [7, 11) is 3.86. The number of nitrogens with one attached hydrogen (secondary N) is 2. The summed E-state index contributed by atoms with van der Waals surface area (Å²) in [5.74, 6) is 0.921. The van der Waals surface area contributed by atoms with Crippen molar-refractivity contribution in [3.05, 3.63) is 35.9 Å². The van der Waals surface area contributed by atoms with Crippen molar-refractivity contribution in [2.24, 2.45) is 4.99 Å². The van der Waals surface area contributed by atoms with Crippen LogP contribution < -0.4 is 10.6 Å². The monoisotopic (exact) mass is 346 g/mol. The van der Waals surface area contributed by atoms with E-state index < -0.39 is 0 Å². The van der Waals surface area contributed by atoms with Gasteiger partial charge >= 0.3 is 0 Å². The second-order valence-electron chi connectivity index (χ2n) is 6.92. The Kier molecular flexibility index (Phi) is 8.22. The van der Waals surface area contributed by atoms with Gasteiger partial charge in [0.15, 0.2) is 5.96 Å². The van der Waals surface area contributed by atoms with Crippen LogP contribution in [0.2, 0.25) is 0 Å². The summed E-state index contributed by atoms with van der Waals surface area (Å²) >= 11 is 0. The molecule has 1 saturated carbocycles. The molecule has 25 heavy (non-hydrogen) atoms. The van der Waals surface area contributed by atoms with Crippen LogP contribution in [0.15, 0.2) is 35.3 Å². The number of rotatable bonds is 10. The Morgan fingerprint density at radius 3 is 2.56 bits per heavy atom. The molecule has 5 heteroatoms. The van der Waals surface area contributed by atoms with Crippen LogP contribution in [0.3, 0.4) is 0 Å². The summed E-state index contributed by atoms with van der Waals surface area (Å²) in [4.78, 5) is 7.16. The van der Waals surface area contributed by atoms with Crippen LogP contribution in [0, 0.1) is 0 Å². The SMILES string of the molecule is CCNC(=NCC1(c2ccccc2)CCC1)NCCN(C)CCOC. The molecule has 1 aromatic rings. The van der Waals surface area contributed by atoms with Crippen LogP contribution in [0.1, 0.15) is 31.7 Å². The first-order chi connectivity index (χ1) is 12.2. The highest BCUT2D eigenvalue weighted by Gasteiger charge is 2.38. The van der Waals surface area contributed by atoms with Crippen molar-refractivity contribution in [1.29, 1.82) is 0 Å². The molecule has 5 nitrogen and oxygen atoms in total. The summed E-state index contributed by atoms with van der Waals surface area (Å²) in [5, 5.41) is 6.82. The average Bonchev–Trinajstić information content (AvgIpc) is 2.60. The van der Waals surface area contributed by atoms with E-state index in [4.69, 9.17) is 9.73 Å². The molecule has 0 bridgehead atoms. The molecule has 0 aliphatic heterocycles. The van der Waals surface area contributed by atoms with Gasteiger partial charge in [-0.1, -0.05) is 36.8 Å². The highest BCUT2D eigenvalue weighted by molar-refractivity contribution is 5.79. The molecule has 2 rings (SSSR count). The fourth-order valence-electron chi connectivity index (χ4n) is 3.23. The predicted octanol–water partition coefficient (Wildman–Crippen LogP) is 2.24. The number of hydrogen-bond donors (Lipinski definition) is 2. The first-order valence-corrected chi connectivity index (χ1v) is 9.45. The third-order valence-electron chi connectivity index (χ3n) is 5.04. The second-order valence-corrected chi connectivity index (χ2v) is 6.92. The lowest BCUT2D eigenvalue weighted by Crippen LogP contribution is -2.43. The topological polar surface area (TPSA) is 48.9 Å². The van der Waals surface area contributed by atoms with Gasteiger partial charge in [0.1, 0.15) is 0 Å². The van der Waals surface area contributed by atoms with E-state index in [2.05, 4.69) is 59.8 Å². The van der Waals surface area contributed by atoms with E-state index in [9.17, 15) is 0 Å². The van der Waals surface area contributed by atoms with Gasteiger partial charge in [-0.05, 0) is 32.4 Å². The Morgan fingerprint density at radius 2 is 1.96 bits per heavy atom. The van der Waals surface area contributed by atoms with Crippen molar-refractivity contribution in [3.63, 3.8) is 0 Å². The average molecular weight is 347 g/mol. The van der Waals surface area contributed by atoms with Crippen molar-refractivity contribution < 1.29 is 4.74 Å². The van der Waals surface area contributed by atoms with Gasteiger partial charge in [0.2, 0.25) is 0 Å². The smallest absolute Gasteiger partial charge is 0.191 e. The van der Waals surface area contributed by atoms with Crippen molar-refractivity contribution in [2.45, 2.75) is 31.6 Å². The van der Waals surface area contributed by atoms with Crippen LogP contribution in [-0.2, 0) is 10.2 Å². The quantitative estimate of drug-likeness (QED) is 0.504. The number of ether oxygens (including phenoxy) is 1. The molecule has 0 radical (unpaired) electrons. The number of methoxy groups -OCH3 is 1. The number of nitrogens with zero attached hydrogens (tertiary/aromatic N) is 2. The lowest BCUT2D eigenvalue weighted by molar-refractivity contribution is 0.162. The highest BCUT2D eigenvalue weighted by atomic mass is 16.5. The van der Waals surface area contributed by atoms with Gasteiger partial charge in [-0.25, -0.2) is 0 Å². The summed E-state index contributed by atoms with van der Waals surface area (Å²) in [6, 6.07) is 10.9. The fraction of sp³-hybridized carbons (Fsp3) is 0.650.